The normalized spacial score (nSPS) is 11.2. The number of methoxy groups -OCH3 is 2. The van der Waals surface area contributed by atoms with E-state index in [2.05, 4.69) is 15.3 Å². The van der Waals surface area contributed by atoms with Crippen LogP contribution in [0.2, 0.25) is 0 Å². The van der Waals surface area contributed by atoms with Gasteiger partial charge in [-0.25, -0.2) is 9.97 Å². The zero-order valence-electron chi connectivity index (χ0n) is 16.3. The van der Waals surface area contributed by atoms with E-state index < -0.39 is 11.9 Å². The Hall–Kier alpha value is -2.49. The molecule has 0 aliphatic rings. The quantitative estimate of drug-likeness (QED) is 0.366. The third-order valence-corrected chi connectivity index (χ3v) is 4.71. The molecule has 1 heterocycles. The molecule has 0 radical (unpaired) electrons. The van der Waals surface area contributed by atoms with Crippen molar-refractivity contribution in [2.75, 3.05) is 26.5 Å². The van der Waals surface area contributed by atoms with Crippen molar-refractivity contribution < 1.29 is 27.4 Å². The van der Waals surface area contributed by atoms with Gasteiger partial charge in [0.2, 0.25) is 5.91 Å². The van der Waals surface area contributed by atoms with E-state index in [1.54, 1.807) is 12.1 Å². The molecule has 0 saturated carbocycles. The van der Waals surface area contributed by atoms with Crippen LogP contribution in [0.15, 0.2) is 29.4 Å². The highest BCUT2D eigenvalue weighted by Crippen LogP contribution is 2.35. The number of amides is 1. The highest BCUT2D eigenvalue weighted by atomic mass is 32.2. The van der Waals surface area contributed by atoms with Gasteiger partial charge in [0.1, 0.15) is 5.69 Å². The first kappa shape index (κ1) is 22.8. The number of carbonyl (C=O) groups excluding carboxylic acids is 1. The van der Waals surface area contributed by atoms with Gasteiger partial charge in [0, 0.05) is 12.1 Å². The maximum Gasteiger partial charge on any atom is 0.433 e. The lowest BCUT2D eigenvalue weighted by molar-refractivity contribution is -0.141. The molecule has 0 atom stereocenters. The molecule has 158 valence electrons. The first-order valence-electron chi connectivity index (χ1n) is 8.86. The first-order valence-corrected chi connectivity index (χ1v) is 9.85. The number of nitrogens with one attached hydrogen (secondary N) is 1. The maximum absolute atomic E-state index is 13.3. The predicted molar refractivity (Wildman–Crippen MR) is 104 cm³/mol. The van der Waals surface area contributed by atoms with Crippen molar-refractivity contribution in [3.8, 4) is 22.8 Å². The van der Waals surface area contributed by atoms with Crippen molar-refractivity contribution in [2.24, 2.45) is 0 Å². The van der Waals surface area contributed by atoms with Gasteiger partial charge in [0.25, 0.3) is 0 Å². The van der Waals surface area contributed by atoms with Crippen LogP contribution < -0.4 is 14.8 Å². The number of alkyl halides is 3. The van der Waals surface area contributed by atoms with E-state index in [9.17, 15) is 18.0 Å². The van der Waals surface area contributed by atoms with Gasteiger partial charge < -0.3 is 14.8 Å². The third kappa shape index (κ3) is 6.52. The number of thioether (sulfide) groups is 1. The van der Waals surface area contributed by atoms with Crippen molar-refractivity contribution in [2.45, 2.75) is 31.1 Å². The molecule has 1 N–H and O–H groups in total. The van der Waals surface area contributed by atoms with E-state index in [-0.39, 0.29) is 22.5 Å². The Kier molecular flexibility index (Phi) is 8.12. The molecule has 0 aliphatic heterocycles. The van der Waals surface area contributed by atoms with Crippen LogP contribution in [0.3, 0.4) is 0 Å². The van der Waals surface area contributed by atoms with Crippen LogP contribution in [0.5, 0.6) is 11.5 Å². The minimum Gasteiger partial charge on any atom is -0.493 e. The second-order valence-electron chi connectivity index (χ2n) is 5.98. The van der Waals surface area contributed by atoms with E-state index in [0.717, 1.165) is 30.7 Å². The zero-order valence-corrected chi connectivity index (χ0v) is 17.1. The van der Waals surface area contributed by atoms with Gasteiger partial charge in [0.05, 0.1) is 25.7 Å². The molecule has 10 heteroatoms. The molecule has 1 amide bonds. The predicted octanol–water partition coefficient (Wildman–Crippen LogP) is 4.19. The number of ether oxygens (including phenoxy) is 2. The van der Waals surface area contributed by atoms with Crippen LogP contribution in [0.25, 0.3) is 11.3 Å². The number of aromatic nitrogens is 2. The molecule has 0 aliphatic carbocycles. The van der Waals surface area contributed by atoms with Gasteiger partial charge in [-0.3, -0.25) is 4.79 Å². The molecule has 0 fully saturated rings. The molecular formula is C19H22F3N3O3S. The molecule has 2 aromatic rings. The van der Waals surface area contributed by atoms with Gasteiger partial charge in [-0.1, -0.05) is 25.1 Å². The van der Waals surface area contributed by atoms with Crippen molar-refractivity contribution in [3.63, 3.8) is 0 Å². The largest absolute Gasteiger partial charge is 0.493 e. The van der Waals surface area contributed by atoms with Crippen LogP contribution in [0.1, 0.15) is 25.5 Å². The Labute approximate surface area is 171 Å². The van der Waals surface area contributed by atoms with E-state index in [4.69, 9.17) is 9.47 Å². The fraction of sp³-hybridized carbons (Fsp3) is 0.421. The van der Waals surface area contributed by atoms with Gasteiger partial charge >= 0.3 is 6.18 Å². The Morgan fingerprint density at radius 2 is 1.86 bits per heavy atom. The lowest BCUT2D eigenvalue weighted by Crippen LogP contribution is -2.26. The van der Waals surface area contributed by atoms with Crippen molar-refractivity contribution >= 4 is 17.7 Å². The minimum atomic E-state index is -4.65. The molecule has 1 aromatic carbocycles. The first-order chi connectivity index (χ1) is 13.8. The summed E-state index contributed by atoms with van der Waals surface area (Å²) in [4.78, 5) is 19.6. The molecule has 6 nitrogen and oxygen atoms in total. The topological polar surface area (TPSA) is 73.3 Å². The molecule has 0 spiro atoms. The number of hydrogen-bond donors (Lipinski definition) is 1. The zero-order chi connectivity index (χ0) is 21.4. The lowest BCUT2D eigenvalue weighted by Gasteiger charge is -2.12. The van der Waals surface area contributed by atoms with Crippen molar-refractivity contribution in [1.29, 1.82) is 0 Å². The lowest BCUT2D eigenvalue weighted by atomic mass is 10.1. The average molecular weight is 429 g/mol. The average Bonchev–Trinajstić information content (AvgIpc) is 2.71. The maximum atomic E-state index is 13.3. The van der Waals surface area contributed by atoms with E-state index in [0.29, 0.717) is 23.6 Å². The van der Waals surface area contributed by atoms with Crippen LogP contribution in [-0.4, -0.2) is 42.4 Å². The van der Waals surface area contributed by atoms with E-state index in [1.807, 2.05) is 6.92 Å². The summed E-state index contributed by atoms with van der Waals surface area (Å²) in [5.74, 6) is 0.453. The molecular weight excluding hydrogens is 407 g/mol. The van der Waals surface area contributed by atoms with Crippen LogP contribution in [0, 0.1) is 0 Å². The summed E-state index contributed by atoms with van der Waals surface area (Å²) in [5.41, 5.74) is -0.599. The summed E-state index contributed by atoms with van der Waals surface area (Å²) in [6.07, 6.45) is -2.88. The number of unbranched alkanes of at least 4 members (excludes halogenated alkanes) is 1. The Morgan fingerprint density at radius 3 is 2.48 bits per heavy atom. The fourth-order valence-corrected chi connectivity index (χ4v) is 3.05. The molecule has 2 rings (SSSR count). The van der Waals surface area contributed by atoms with Gasteiger partial charge in [0.15, 0.2) is 16.7 Å². The van der Waals surface area contributed by atoms with Crippen molar-refractivity contribution in [1.82, 2.24) is 15.3 Å². The molecule has 29 heavy (non-hydrogen) atoms. The van der Waals surface area contributed by atoms with Crippen molar-refractivity contribution in [3.05, 3.63) is 30.0 Å². The minimum absolute atomic E-state index is 0.0715. The van der Waals surface area contributed by atoms with E-state index >= 15 is 0 Å². The summed E-state index contributed by atoms with van der Waals surface area (Å²) in [5, 5.41) is 2.58. The Bertz CT molecular complexity index is 847. The summed E-state index contributed by atoms with van der Waals surface area (Å²) in [7, 11) is 2.89. The molecule has 0 unspecified atom stereocenters. The SMILES string of the molecule is CCCCNC(=O)CSc1nc(-c2ccc(OC)c(OC)c2)cc(C(F)(F)F)n1. The van der Waals surface area contributed by atoms with Gasteiger partial charge in [-0.15, -0.1) is 0 Å². The highest BCUT2D eigenvalue weighted by molar-refractivity contribution is 7.99. The van der Waals surface area contributed by atoms with Gasteiger partial charge in [-0.2, -0.15) is 13.2 Å². The van der Waals surface area contributed by atoms with Crippen LogP contribution >= 0.6 is 11.8 Å². The Morgan fingerprint density at radius 1 is 1.14 bits per heavy atom. The number of halogens is 3. The number of benzene rings is 1. The highest BCUT2D eigenvalue weighted by Gasteiger charge is 2.34. The number of nitrogens with zero attached hydrogens (tertiary/aromatic N) is 2. The fourth-order valence-electron chi connectivity index (χ4n) is 2.36. The number of rotatable bonds is 9. The summed E-state index contributed by atoms with van der Waals surface area (Å²) >= 11 is 0.853. The molecule has 0 bridgehead atoms. The molecule has 1 aromatic heterocycles. The summed E-state index contributed by atoms with van der Waals surface area (Å²) in [6, 6.07) is 5.56. The second-order valence-corrected chi connectivity index (χ2v) is 6.92. The van der Waals surface area contributed by atoms with Crippen LogP contribution in [-0.2, 0) is 11.0 Å². The second kappa shape index (κ2) is 10.3. The monoisotopic (exact) mass is 429 g/mol. The van der Waals surface area contributed by atoms with Crippen LogP contribution in [0.4, 0.5) is 13.2 Å². The van der Waals surface area contributed by atoms with Gasteiger partial charge in [-0.05, 0) is 30.7 Å². The Balaban J connectivity index is 2.31. The molecule has 0 saturated heterocycles. The third-order valence-electron chi connectivity index (χ3n) is 3.86. The standard InChI is InChI=1S/C19H22F3N3O3S/c1-4-5-8-23-17(26)11-29-18-24-13(10-16(25-18)19(20,21)22)12-6-7-14(27-2)15(9-12)28-3/h6-7,9-10H,4-5,8,11H2,1-3H3,(H,23,26). The number of hydrogen-bond acceptors (Lipinski definition) is 6. The summed E-state index contributed by atoms with van der Waals surface area (Å²) in [6.45, 7) is 2.52. The van der Waals surface area contributed by atoms with E-state index in [1.165, 1.54) is 20.3 Å². The summed E-state index contributed by atoms with van der Waals surface area (Å²) < 4.78 is 50.3. The number of carbonyl (C=O) groups is 1. The smallest absolute Gasteiger partial charge is 0.433 e.